The fourth-order valence-electron chi connectivity index (χ4n) is 1.02. The highest BCUT2D eigenvalue weighted by molar-refractivity contribution is 5.73. The largest absolute Gasteiger partial charge is 0.345 e. The first-order valence-electron chi connectivity index (χ1n) is 4.49. The van der Waals surface area contributed by atoms with Crippen LogP contribution in [-0.4, -0.2) is 12.5 Å². The molecule has 0 spiro atoms. The summed E-state index contributed by atoms with van der Waals surface area (Å²) in [5, 5.41) is 2.62. The molecule has 1 amide bonds. The molecule has 0 heterocycles. The van der Waals surface area contributed by atoms with Gasteiger partial charge in [-0.2, -0.15) is 0 Å². The fraction of sp³-hybridized carbons (Fsp3) is 0.250. The summed E-state index contributed by atoms with van der Waals surface area (Å²) in [7, 11) is 0. The van der Waals surface area contributed by atoms with Gasteiger partial charge in [-0.15, -0.1) is 0 Å². The molecular weight excluding hydrogens is 174 g/mol. The zero-order valence-electron chi connectivity index (χ0n) is 8.42. The maximum Gasteiger partial charge on any atom is 0.217 e. The van der Waals surface area contributed by atoms with Crippen LogP contribution in [0.3, 0.4) is 0 Å². The van der Waals surface area contributed by atoms with Crippen LogP contribution >= 0.6 is 0 Å². The third-order valence-corrected chi connectivity index (χ3v) is 1.79. The summed E-state index contributed by atoms with van der Waals surface area (Å²) >= 11 is 0. The molecule has 1 rings (SSSR count). The third-order valence-electron chi connectivity index (χ3n) is 1.79. The number of benzene rings is 1. The lowest BCUT2D eigenvalue weighted by Crippen LogP contribution is -2.19. The summed E-state index contributed by atoms with van der Waals surface area (Å²) < 4.78 is 0. The van der Waals surface area contributed by atoms with E-state index < -0.39 is 0 Å². The van der Waals surface area contributed by atoms with Crippen LogP contribution in [0.2, 0.25) is 0 Å². The van der Waals surface area contributed by atoms with E-state index in [0.29, 0.717) is 6.54 Å². The molecule has 2 nitrogen and oxygen atoms in total. The molecule has 0 unspecified atom stereocenters. The van der Waals surface area contributed by atoms with Gasteiger partial charge in [0, 0.05) is 12.5 Å². The molecule has 1 aromatic rings. The smallest absolute Gasteiger partial charge is 0.217 e. The van der Waals surface area contributed by atoms with E-state index in [1.165, 1.54) is 6.92 Å². The van der Waals surface area contributed by atoms with E-state index in [1.807, 2.05) is 31.2 Å². The highest BCUT2D eigenvalue weighted by Crippen LogP contribution is 2.03. The highest BCUT2D eigenvalue weighted by Gasteiger charge is 1.90. The molecule has 0 aliphatic carbocycles. The Morgan fingerprint density at radius 3 is 2.79 bits per heavy atom. The topological polar surface area (TPSA) is 29.1 Å². The maximum atomic E-state index is 10.5. The molecule has 0 fully saturated rings. The fourth-order valence-corrected chi connectivity index (χ4v) is 1.02. The quantitative estimate of drug-likeness (QED) is 0.663. The number of hydrogen-bond donors (Lipinski definition) is 1. The highest BCUT2D eigenvalue weighted by atomic mass is 16.1. The monoisotopic (exact) mass is 187 g/mol. The van der Waals surface area contributed by atoms with Crippen molar-refractivity contribution < 1.29 is 4.79 Å². The Balaban J connectivity index is 2.59. The van der Waals surface area contributed by atoms with Gasteiger partial charge in [0.05, 0.1) is 6.54 Å². The third kappa shape index (κ3) is 3.32. The summed E-state index contributed by atoms with van der Waals surface area (Å²) in [6.45, 7) is 3.90. The van der Waals surface area contributed by atoms with Crippen molar-refractivity contribution in [1.29, 1.82) is 0 Å². The van der Waals surface area contributed by atoms with Crippen LogP contribution in [-0.2, 0) is 4.79 Å². The number of rotatable bonds is 1. The van der Waals surface area contributed by atoms with Gasteiger partial charge >= 0.3 is 0 Å². The molecule has 2 heteroatoms. The molecule has 0 aromatic heterocycles. The van der Waals surface area contributed by atoms with Gasteiger partial charge in [0.15, 0.2) is 0 Å². The molecule has 0 atom stereocenters. The van der Waals surface area contributed by atoms with E-state index in [4.69, 9.17) is 0 Å². The predicted molar refractivity (Wildman–Crippen MR) is 56.7 cm³/mol. The molecule has 0 aliphatic rings. The van der Waals surface area contributed by atoms with E-state index >= 15 is 0 Å². The number of amides is 1. The second-order valence-corrected chi connectivity index (χ2v) is 3.03. The lowest BCUT2D eigenvalue weighted by molar-refractivity contribution is -0.118. The van der Waals surface area contributed by atoms with Crippen LogP contribution in [0.15, 0.2) is 24.3 Å². The van der Waals surface area contributed by atoms with E-state index in [1.54, 1.807) is 0 Å². The minimum atomic E-state index is -0.0518. The zero-order chi connectivity index (χ0) is 10.4. The van der Waals surface area contributed by atoms with Crippen LogP contribution < -0.4 is 5.32 Å². The van der Waals surface area contributed by atoms with Gasteiger partial charge in [0.25, 0.3) is 0 Å². The van der Waals surface area contributed by atoms with Crippen molar-refractivity contribution >= 4 is 5.91 Å². The average molecular weight is 187 g/mol. The Bertz CT molecular complexity index is 385. The van der Waals surface area contributed by atoms with E-state index in [-0.39, 0.29) is 5.91 Å². The molecular formula is C12H13NO. The lowest BCUT2D eigenvalue weighted by atomic mass is 10.1. The van der Waals surface area contributed by atoms with Crippen molar-refractivity contribution in [3.63, 3.8) is 0 Å². The van der Waals surface area contributed by atoms with Gasteiger partial charge in [0.2, 0.25) is 5.91 Å². The van der Waals surface area contributed by atoms with E-state index in [0.717, 1.165) is 11.1 Å². The Morgan fingerprint density at radius 1 is 1.43 bits per heavy atom. The first kappa shape index (κ1) is 10.3. The zero-order valence-corrected chi connectivity index (χ0v) is 8.42. The van der Waals surface area contributed by atoms with Gasteiger partial charge in [0.1, 0.15) is 0 Å². The molecule has 0 saturated heterocycles. The van der Waals surface area contributed by atoms with Gasteiger partial charge in [-0.25, -0.2) is 0 Å². The number of aryl methyl sites for hydroxylation is 1. The van der Waals surface area contributed by atoms with Crippen LogP contribution in [0.5, 0.6) is 0 Å². The molecule has 72 valence electrons. The first-order valence-corrected chi connectivity index (χ1v) is 4.49. The Labute approximate surface area is 84.3 Å². The van der Waals surface area contributed by atoms with E-state index in [2.05, 4.69) is 17.2 Å². The van der Waals surface area contributed by atoms with Crippen LogP contribution in [0, 0.1) is 18.8 Å². The molecule has 14 heavy (non-hydrogen) atoms. The molecule has 0 saturated carbocycles. The number of nitrogens with one attached hydrogen (secondary N) is 1. The molecule has 0 radical (unpaired) electrons. The SMILES string of the molecule is CC(=O)NCC#Cc1ccccc1C. The normalized spacial score (nSPS) is 8.71. The van der Waals surface area contributed by atoms with Crippen LogP contribution in [0.4, 0.5) is 0 Å². The van der Waals surface area contributed by atoms with Crippen molar-refractivity contribution in [2.24, 2.45) is 0 Å². The van der Waals surface area contributed by atoms with Gasteiger partial charge in [-0.05, 0) is 18.6 Å². The van der Waals surface area contributed by atoms with Crippen molar-refractivity contribution in [3.05, 3.63) is 35.4 Å². The minimum Gasteiger partial charge on any atom is -0.345 e. The number of hydrogen-bond acceptors (Lipinski definition) is 1. The Hall–Kier alpha value is -1.75. The molecule has 1 aromatic carbocycles. The Kier molecular flexibility index (Phi) is 3.75. The van der Waals surface area contributed by atoms with Crippen molar-refractivity contribution in [2.75, 3.05) is 6.54 Å². The second kappa shape index (κ2) is 5.08. The first-order chi connectivity index (χ1) is 6.70. The summed E-state index contributed by atoms with van der Waals surface area (Å²) in [5.74, 6) is 5.84. The average Bonchev–Trinajstić information content (AvgIpc) is 2.15. The van der Waals surface area contributed by atoms with Gasteiger partial charge < -0.3 is 5.32 Å². The van der Waals surface area contributed by atoms with Crippen molar-refractivity contribution in [2.45, 2.75) is 13.8 Å². The molecule has 1 N–H and O–H groups in total. The summed E-state index contributed by atoms with van der Waals surface area (Å²) in [6, 6.07) is 7.92. The summed E-state index contributed by atoms with van der Waals surface area (Å²) in [5.41, 5.74) is 2.17. The maximum absolute atomic E-state index is 10.5. The lowest BCUT2D eigenvalue weighted by Gasteiger charge is -1.95. The van der Waals surface area contributed by atoms with Gasteiger partial charge in [-0.1, -0.05) is 30.0 Å². The molecule has 0 bridgehead atoms. The van der Waals surface area contributed by atoms with Crippen molar-refractivity contribution in [3.8, 4) is 11.8 Å². The molecule has 0 aliphatic heterocycles. The van der Waals surface area contributed by atoms with Gasteiger partial charge in [-0.3, -0.25) is 4.79 Å². The van der Waals surface area contributed by atoms with Crippen LogP contribution in [0.1, 0.15) is 18.1 Å². The van der Waals surface area contributed by atoms with Crippen LogP contribution in [0.25, 0.3) is 0 Å². The van der Waals surface area contributed by atoms with E-state index in [9.17, 15) is 4.79 Å². The minimum absolute atomic E-state index is 0.0518. The summed E-state index contributed by atoms with van der Waals surface area (Å²) in [4.78, 5) is 10.5. The van der Waals surface area contributed by atoms with Crippen molar-refractivity contribution in [1.82, 2.24) is 5.32 Å². The standard InChI is InChI=1S/C12H13NO/c1-10-6-3-4-7-12(10)8-5-9-13-11(2)14/h3-4,6-7H,9H2,1-2H3,(H,13,14). The summed E-state index contributed by atoms with van der Waals surface area (Å²) in [6.07, 6.45) is 0. The second-order valence-electron chi connectivity index (χ2n) is 3.03. The Morgan fingerprint density at radius 2 is 2.14 bits per heavy atom. The predicted octanol–water partition coefficient (Wildman–Crippen LogP) is 1.48. The number of carbonyl (C=O) groups excluding carboxylic acids is 1. The number of carbonyl (C=O) groups is 1.